The lowest BCUT2D eigenvalue weighted by atomic mass is 9.67. The molecule has 1 nitrogen and oxygen atoms in total. The highest BCUT2D eigenvalue weighted by Crippen LogP contribution is 2.40. The van der Waals surface area contributed by atoms with E-state index in [4.69, 9.17) is 0 Å². The van der Waals surface area contributed by atoms with Gasteiger partial charge in [0.25, 0.3) is 0 Å². The van der Waals surface area contributed by atoms with Crippen LogP contribution in [0.3, 0.4) is 0 Å². The van der Waals surface area contributed by atoms with E-state index in [9.17, 15) is 9.50 Å². The van der Waals surface area contributed by atoms with E-state index in [1.54, 1.807) is 12.1 Å². The first-order chi connectivity index (χ1) is 9.30. The van der Waals surface area contributed by atoms with Gasteiger partial charge in [0.1, 0.15) is 5.82 Å². The molecule has 1 aliphatic carbocycles. The van der Waals surface area contributed by atoms with E-state index < -0.39 is 0 Å². The van der Waals surface area contributed by atoms with Gasteiger partial charge in [-0.3, -0.25) is 0 Å². The summed E-state index contributed by atoms with van der Waals surface area (Å²) in [5, 5.41) is 10.9. The van der Waals surface area contributed by atoms with Crippen LogP contribution in [0, 0.1) is 23.6 Å². The van der Waals surface area contributed by atoms with Crippen LogP contribution in [0.4, 0.5) is 4.39 Å². The molecule has 0 heterocycles. The highest BCUT2D eigenvalue weighted by atomic mass is 19.1. The van der Waals surface area contributed by atoms with Crippen molar-refractivity contribution in [1.29, 1.82) is 0 Å². The molecule has 1 aromatic carbocycles. The van der Waals surface area contributed by atoms with Gasteiger partial charge in [-0.05, 0) is 54.7 Å². The van der Waals surface area contributed by atoms with Gasteiger partial charge < -0.3 is 5.11 Å². The zero-order valence-corrected chi connectivity index (χ0v) is 13.1. The molecule has 112 valence electrons. The second-order valence-corrected chi connectivity index (χ2v) is 7.35. The fraction of sp³-hybridized carbons (Fsp3) is 0.667. The molecule has 2 rings (SSSR count). The molecule has 0 aromatic heterocycles. The Morgan fingerprint density at radius 2 is 1.55 bits per heavy atom. The molecule has 0 saturated heterocycles. The topological polar surface area (TPSA) is 20.2 Å². The first-order valence-corrected chi connectivity index (χ1v) is 7.74. The molecule has 0 radical (unpaired) electrons. The SMILES string of the molecule is CC1CC(C)CC(C(O)C(C)(C)c2ccc(F)cc2)C1. The maximum Gasteiger partial charge on any atom is 0.123 e. The molecular weight excluding hydrogens is 251 g/mol. The Labute approximate surface area is 122 Å². The summed E-state index contributed by atoms with van der Waals surface area (Å²) in [5.41, 5.74) is 0.673. The first kappa shape index (κ1) is 15.5. The van der Waals surface area contributed by atoms with Crippen molar-refractivity contribution in [2.75, 3.05) is 0 Å². The average molecular weight is 278 g/mol. The minimum absolute atomic E-state index is 0.223. The van der Waals surface area contributed by atoms with Crippen LogP contribution in [-0.2, 0) is 5.41 Å². The fourth-order valence-corrected chi connectivity index (χ4v) is 3.91. The largest absolute Gasteiger partial charge is 0.392 e. The number of rotatable bonds is 3. The molecular formula is C18H27FO. The number of benzene rings is 1. The maximum atomic E-state index is 13.1. The van der Waals surface area contributed by atoms with Crippen molar-refractivity contribution in [2.24, 2.45) is 17.8 Å². The second-order valence-electron chi connectivity index (χ2n) is 7.35. The molecule has 3 unspecified atom stereocenters. The number of hydrogen-bond donors (Lipinski definition) is 1. The van der Waals surface area contributed by atoms with E-state index >= 15 is 0 Å². The third-order valence-corrected chi connectivity index (χ3v) is 4.99. The maximum absolute atomic E-state index is 13.1. The van der Waals surface area contributed by atoms with Gasteiger partial charge in [-0.25, -0.2) is 4.39 Å². The monoisotopic (exact) mass is 278 g/mol. The predicted octanol–water partition coefficient (Wildman–Crippen LogP) is 4.54. The summed E-state index contributed by atoms with van der Waals surface area (Å²) in [6, 6.07) is 6.56. The summed E-state index contributed by atoms with van der Waals surface area (Å²) in [6.45, 7) is 8.68. The Hall–Kier alpha value is -0.890. The van der Waals surface area contributed by atoms with Crippen molar-refractivity contribution < 1.29 is 9.50 Å². The van der Waals surface area contributed by atoms with Gasteiger partial charge in [-0.2, -0.15) is 0 Å². The van der Waals surface area contributed by atoms with Gasteiger partial charge in [0.05, 0.1) is 6.10 Å². The van der Waals surface area contributed by atoms with Crippen LogP contribution in [-0.4, -0.2) is 11.2 Å². The Bertz CT molecular complexity index is 427. The van der Waals surface area contributed by atoms with E-state index in [2.05, 4.69) is 27.7 Å². The highest BCUT2D eigenvalue weighted by molar-refractivity contribution is 5.26. The zero-order valence-electron chi connectivity index (χ0n) is 13.1. The summed E-state index contributed by atoms with van der Waals surface area (Å²) in [7, 11) is 0. The number of aliphatic hydroxyl groups excluding tert-OH is 1. The lowest BCUT2D eigenvalue weighted by molar-refractivity contribution is 0.00731. The molecule has 1 N–H and O–H groups in total. The van der Waals surface area contributed by atoms with Crippen molar-refractivity contribution >= 4 is 0 Å². The van der Waals surface area contributed by atoms with Crippen LogP contribution in [0.5, 0.6) is 0 Å². The Morgan fingerprint density at radius 3 is 2.05 bits per heavy atom. The summed E-state index contributed by atoms with van der Waals surface area (Å²) >= 11 is 0. The standard InChI is InChI=1S/C18H27FO/c1-12-9-13(2)11-14(10-12)17(20)18(3,4)15-5-7-16(19)8-6-15/h5-8,12-14,17,20H,9-11H2,1-4H3. The van der Waals surface area contributed by atoms with Gasteiger partial charge in [0, 0.05) is 5.41 Å². The molecule has 1 aromatic rings. The molecule has 1 saturated carbocycles. The summed E-state index contributed by atoms with van der Waals surface area (Å²) in [4.78, 5) is 0. The van der Waals surface area contributed by atoms with Crippen LogP contribution < -0.4 is 0 Å². The van der Waals surface area contributed by atoms with Crippen molar-refractivity contribution in [3.05, 3.63) is 35.6 Å². The van der Waals surface area contributed by atoms with Crippen molar-refractivity contribution in [1.82, 2.24) is 0 Å². The van der Waals surface area contributed by atoms with Crippen LogP contribution >= 0.6 is 0 Å². The quantitative estimate of drug-likeness (QED) is 0.861. The van der Waals surface area contributed by atoms with E-state index in [0.717, 1.165) is 18.4 Å². The number of aliphatic hydroxyl groups is 1. The minimum Gasteiger partial charge on any atom is -0.392 e. The third kappa shape index (κ3) is 3.22. The van der Waals surface area contributed by atoms with Crippen molar-refractivity contribution in [3.8, 4) is 0 Å². The highest BCUT2D eigenvalue weighted by Gasteiger charge is 2.38. The Morgan fingerprint density at radius 1 is 1.05 bits per heavy atom. The van der Waals surface area contributed by atoms with Crippen molar-refractivity contribution in [2.45, 2.75) is 58.5 Å². The predicted molar refractivity (Wildman–Crippen MR) is 81.1 cm³/mol. The first-order valence-electron chi connectivity index (χ1n) is 7.74. The van der Waals surface area contributed by atoms with E-state index in [1.807, 2.05) is 0 Å². The molecule has 0 aliphatic heterocycles. The van der Waals surface area contributed by atoms with Crippen LogP contribution in [0.2, 0.25) is 0 Å². The van der Waals surface area contributed by atoms with Gasteiger partial charge >= 0.3 is 0 Å². The number of halogens is 1. The van der Waals surface area contributed by atoms with Gasteiger partial charge in [-0.15, -0.1) is 0 Å². The van der Waals surface area contributed by atoms with Gasteiger partial charge in [0.15, 0.2) is 0 Å². The molecule has 0 amide bonds. The number of hydrogen-bond acceptors (Lipinski definition) is 1. The van der Waals surface area contributed by atoms with Gasteiger partial charge in [0.2, 0.25) is 0 Å². The lowest BCUT2D eigenvalue weighted by Gasteiger charge is -2.41. The molecule has 0 bridgehead atoms. The fourth-order valence-electron chi connectivity index (χ4n) is 3.91. The molecule has 3 atom stereocenters. The van der Waals surface area contributed by atoms with E-state index in [-0.39, 0.29) is 17.3 Å². The minimum atomic E-state index is -0.377. The molecule has 1 fully saturated rings. The zero-order chi connectivity index (χ0) is 14.9. The normalized spacial score (nSPS) is 29.2. The smallest absolute Gasteiger partial charge is 0.123 e. The second kappa shape index (κ2) is 5.85. The van der Waals surface area contributed by atoms with E-state index in [0.29, 0.717) is 17.8 Å². The summed E-state index contributed by atoms with van der Waals surface area (Å²) < 4.78 is 13.1. The summed E-state index contributed by atoms with van der Waals surface area (Å²) in [5.74, 6) is 1.48. The molecule has 20 heavy (non-hydrogen) atoms. The Kier molecular flexibility index (Phi) is 4.53. The average Bonchev–Trinajstić information content (AvgIpc) is 2.37. The Balaban J connectivity index is 2.17. The lowest BCUT2D eigenvalue weighted by Crippen LogP contribution is -2.42. The summed E-state index contributed by atoms with van der Waals surface area (Å²) in [6.07, 6.45) is 3.07. The van der Waals surface area contributed by atoms with Crippen LogP contribution in [0.25, 0.3) is 0 Å². The molecule has 2 heteroatoms. The van der Waals surface area contributed by atoms with Crippen LogP contribution in [0.1, 0.15) is 52.5 Å². The van der Waals surface area contributed by atoms with Crippen molar-refractivity contribution in [3.63, 3.8) is 0 Å². The van der Waals surface area contributed by atoms with Gasteiger partial charge in [-0.1, -0.05) is 39.8 Å². The molecule has 0 spiro atoms. The molecule has 1 aliphatic rings. The van der Waals surface area contributed by atoms with Crippen LogP contribution in [0.15, 0.2) is 24.3 Å². The van der Waals surface area contributed by atoms with E-state index in [1.165, 1.54) is 18.6 Å². The third-order valence-electron chi connectivity index (χ3n) is 4.99.